The zero-order valence-electron chi connectivity index (χ0n) is 5.09. The van der Waals surface area contributed by atoms with Crippen LogP contribution in [-0.2, 0) is 21.7 Å². The Morgan fingerprint density at radius 2 is 1.75 bits per heavy atom. The summed E-state index contributed by atoms with van der Waals surface area (Å²) in [6.07, 6.45) is 9.90. The summed E-state index contributed by atoms with van der Waals surface area (Å²) in [6.45, 7) is 2.20. The summed E-state index contributed by atoms with van der Waals surface area (Å²) in [5.41, 5.74) is 0. The zero-order valence-corrected chi connectivity index (χ0v) is 6.66. The number of hydrogen-bond donors (Lipinski definition) is 0. The van der Waals surface area contributed by atoms with Crippen molar-refractivity contribution in [3.8, 4) is 0 Å². The predicted molar refractivity (Wildman–Crippen MR) is 32.1 cm³/mol. The molecular weight excluding hydrogens is 132 g/mol. The van der Waals surface area contributed by atoms with Gasteiger partial charge in [-0.25, -0.2) is 0 Å². The third-order valence-electron chi connectivity index (χ3n) is 1.30. The predicted octanol–water partition coefficient (Wildman–Crippen LogP) is 2.14. The van der Waals surface area contributed by atoms with Gasteiger partial charge < -0.3 is 0 Å². The van der Waals surface area contributed by atoms with E-state index in [-0.39, 0.29) is 21.7 Å². The fraction of sp³-hybridized carbons (Fsp3) is 0.429. The Kier molecular flexibility index (Phi) is 4.21. The maximum absolute atomic E-state index is 2.22. The second-order valence-electron chi connectivity index (χ2n) is 1.84. The topological polar surface area (TPSA) is 0 Å². The Balaban J connectivity index is 0.000000490. The minimum absolute atomic E-state index is 0. The molecule has 0 N–H and O–H groups in total. The fourth-order valence-electron chi connectivity index (χ4n) is 0.750. The molecule has 1 aliphatic rings. The molecule has 1 heteroatoms. The van der Waals surface area contributed by atoms with Gasteiger partial charge >= 0.3 is 0 Å². The Morgan fingerprint density at radius 3 is 2.00 bits per heavy atom. The van der Waals surface area contributed by atoms with Gasteiger partial charge in [-0.15, -0.1) is 0 Å². The normalized spacial score (nSPS) is 16.6. The molecule has 0 fully saturated rings. The maximum Gasteiger partial charge on any atom is 0 e. The summed E-state index contributed by atoms with van der Waals surface area (Å²) >= 11 is 0. The van der Waals surface area contributed by atoms with Gasteiger partial charge in [-0.1, -0.05) is 31.2 Å². The number of rotatable bonds is 1. The quantitative estimate of drug-likeness (QED) is 0.492. The third-order valence-corrected chi connectivity index (χ3v) is 1.30. The van der Waals surface area contributed by atoms with Crippen LogP contribution in [0.2, 0.25) is 0 Å². The van der Waals surface area contributed by atoms with Crippen molar-refractivity contribution in [1.29, 1.82) is 0 Å². The maximum atomic E-state index is 2.22. The van der Waals surface area contributed by atoms with Crippen LogP contribution in [0.4, 0.5) is 0 Å². The van der Waals surface area contributed by atoms with Gasteiger partial charge in [0.2, 0.25) is 0 Å². The number of allylic oxidation sites excluding steroid dienone is 4. The third kappa shape index (κ3) is 1.98. The molecule has 0 aromatic heterocycles. The molecule has 0 saturated heterocycles. The van der Waals surface area contributed by atoms with E-state index in [2.05, 4.69) is 31.2 Å². The van der Waals surface area contributed by atoms with E-state index in [1.165, 1.54) is 6.42 Å². The van der Waals surface area contributed by atoms with Crippen LogP contribution in [-0.4, -0.2) is 0 Å². The first-order valence-corrected chi connectivity index (χ1v) is 2.78. The van der Waals surface area contributed by atoms with Crippen LogP contribution < -0.4 is 0 Å². The van der Waals surface area contributed by atoms with E-state index >= 15 is 0 Å². The minimum Gasteiger partial charge on any atom is -0.0776 e. The van der Waals surface area contributed by atoms with E-state index in [1.54, 1.807) is 0 Å². The molecule has 0 aromatic rings. The summed E-state index contributed by atoms with van der Waals surface area (Å²) < 4.78 is 0. The molecule has 0 unspecified atom stereocenters. The van der Waals surface area contributed by atoms with Crippen molar-refractivity contribution < 1.29 is 21.7 Å². The van der Waals surface area contributed by atoms with E-state index in [4.69, 9.17) is 0 Å². The molecule has 0 aliphatic heterocycles. The Bertz CT molecular complexity index is 91.0. The molecule has 1 aliphatic carbocycles. The molecule has 0 atom stereocenters. The van der Waals surface area contributed by atoms with Crippen molar-refractivity contribution in [1.82, 2.24) is 0 Å². The number of hydrogen-bond acceptors (Lipinski definition) is 0. The molecule has 42 valence electrons. The zero-order chi connectivity index (χ0) is 5.11. The molecular formula is C7H10Ti. The van der Waals surface area contributed by atoms with Crippen LogP contribution in [0.15, 0.2) is 24.3 Å². The average Bonchev–Trinajstić information content (AvgIpc) is 2.14. The largest absolute Gasteiger partial charge is 0.0776 e. The van der Waals surface area contributed by atoms with Gasteiger partial charge in [0, 0.05) is 21.7 Å². The van der Waals surface area contributed by atoms with E-state index < -0.39 is 0 Å². The molecule has 1 rings (SSSR count). The molecule has 0 bridgehead atoms. The molecule has 0 aromatic carbocycles. The van der Waals surface area contributed by atoms with Crippen LogP contribution in [0, 0.1) is 5.92 Å². The van der Waals surface area contributed by atoms with Gasteiger partial charge in [0.05, 0.1) is 0 Å². The van der Waals surface area contributed by atoms with Crippen LogP contribution in [0.5, 0.6) is 0 Å². The molecule has 0 heterocycles. The van der Waals surface area contributed by atoms with Crippen molar-refractivity contribution >= 4 is 0 Å². The first kappa shape index (κ1) is 8.19. The SMILES string of the molecule is CCC1C=CC=C1.[Ti]. The first-order valence-electron chi connectivity index (χ1n) is 2.78. The smallest absolute Gasteiger partial charge is 0 e. The van der Waals surface area contributed by atoms with Gasteiger partial charge in [0.1, 0.15) is 0 Å². The van der Waals surface area contributed by atoms with Gasteiger partial charge in [-0.3, -0.25) is 0 Å². The van der Waals surface area contributed by atoms with Crippen LogP contribution in [0.25, 0.3) is 0 Å². The van der Waals surface area contributed by atoms with Gasteiger partial charge in [-0.05, 0) is 12.3 Å². The molecule has 0 amide bonds. The molecule has 0 radical (unpaired) electrons. The molecule has 0 nitrogen and oxygen atoms in total. The summed E-state index contributed by atoms with van der Waals surface area (Å²) in [6, 6.07) is 0. The van der Waals surface area contributed by atoms with Crippen molar-refractivity contribution in [3.63, 3.8) is 0 Å². The van der Waals surface area contributed by atoms with Crippen molar-refractivity contribution in [2.24, 2.45) is 5.92 Å². The van der Waals surface area contributed by atoms with E-state index in [0.29, 0.717) is 0 Å². The Hall–Kier alpha value is 0.194. The molecule has 0 spiro atoms. The second-order valence-corrected chi connectivity index (χ2v) is 1.84. The van der Waals surface area contributed by atoms with Crippen molar-refractivity contribution in [3.05, 3.63) is 24.3 Å². The Labute approximate surface area is 65.6 Å². The van der Waals surface area contributed by atoms with Crippen molar-refractivity contribution in [2.45, 2.75) is 13.3 Å². The summed E-state index contributed by atoms with van der Waals surface area (Å²) in [5.74, 6) is 0.736. The van der Waals surface area contributed by atoms with Gasteiger partial charge in [0.25, 0.3) is 0 Å². The van der Waals surface area contributed by atoms with Gasteiger partial charge in [0.15, 0.2) is 0 Å². The van der Waals surface area contributed by atoms with Crippen LogP contribution in [0.3, 0.4) is 0 Å². The van der Waals surface area contributed by atoms with Gasteiger partial charge in [-0.2, -0.15) is 0 Å². The van der Waals surface area contributed by atoms with Crippen molar-refractivity contribution in [2.75, 3.05) is 0 Å². The summed E-state index contributed by atoms with van der Waals surface area (Å²) in [5, 5.41) is 0. The molecule has 0 saturated carbocycles. The first-order chi connectivity index (χ1) is 3.43. The average molecular weight is 142 g/mol. The standard InChI is InChI=1S/C7H10.Ti/c1-2-7-5-3-4-6-7;/h3-7H,2H2,1H3;. The van der Waals surface area contributed by atoms with E-state index in [0.717, 1.165) is 5.92 Å². The van der Waals surface area contributed by atoms with Crippen LogP contribution in [0.1, 0.15) is 13.3 Å². The summed E-state index contributed by atoms with van der Waals surface area (Å²) in [7, 11) is 0. The minimum atomic E-state index is 0. The van der Waals surface area contributed by atoms with Crippen LogP contribution >= 0.6 is 0 Å². The van der Waals surface area contributed by atoms with E-state index in [9.17, 15) is 0 Å². The summed E-state index contributed by atoms with van der Waals surface area (Å²) in [4.78, 5) is 0. The second kappa shape index (κ2) is 4.11. The monoisotopic (exact) mass is 142 g/mol. The van der Waals surface area contributed by atoms with E-state index in [1.807, 2.05) is 0 Å². The molecule has 8 heavy (non-hydrogen) atoms. The Morgan fingerprint density at radius 1 is 1.25 bits per heavy atom. The fourth-order valence-corrected chi connectivity index (χ4v) is 0.750.